The van der Waals surface area contributed by atoms with Crippen LogP contribution in [0.2, 0.25) is 0 Å². The molecule has 4 nitrogen and oxygen atoms in total. The smallest absolute Gasteiger partial charge is 0.251 e. The summed E-state index contributed by atoms with van der Waals surface area (Å²) in [5.74, 6) is 1.09. The lowest BCUT2D eigenvalue weighted by molar-refractivity contribution is 0.658. The van der Waals surface area contributed by atoms with Crippen molar-refractivity contribution in [3.05, 3.63) is 27.9 Å². The van der Waals surface area contributed by atoms with Crippen LogP contribution >= 0.6 is 0 Å². The van der Waals surface area contributed by atoms with E-state index >= 15 is 0 Å². The maximum atomic E-state index is 11.3. The lowest BCUT2D eigenvalue weighted by Gasteiger charge is -2.08. The van der Waals surface area contributed by atoms with Crippen LogP contribution in [0.4, 0.5) is 0 Å². The van der Waals surface area contributed by atoms with Crippen LogP contribution in [0.25, 0.3) is 0 Å². The summed E-state index contributed by atoms with van der Waals surface area (Å²) >= 11 is 0. The van der Waals surface area contributed by atoms with Gasteiger partial charge in [0.1, 0.15) is 5.82 Å². The molecule has 0 aliphatic rings. The summed E-state index contributed by atoms with van der Waals surface area (Å²) in [7, 11) is 1.84. The third-order valence-corrected chi connectivity index (χ3v) is 2.25. The van der Waals surface area contributed by atoms with Crippen molar-refractivity contribution in [2.45, 2.75) is 32.7 Å². The topological polar surface area (TPSA) is 57.8 Å². The second kappa shape index (κ2) is 4.91. The lowest BCUT2D eigenvalue weighted by Crippen LogP contribution is -2.17. The van der Waals surface area contributed by atoms with Gasteiger partial charge in [-0.1, -0.05) is 13.8 Å². The minimum Gasteiger partial charge on any atom is -0.314 e. The molecule has 0 bridgehead atoms. The highest BCUT2D eigenvalue weighted by atomic mass is 16.1. The van der Waals surface area contributed by atoms with E-state index in [2.05, 4.69) is 29.1 Å². The summed E-state index contributed by atoms with van der Waals surface area (Å²) in [5, 5.41) is 2.98. The van der Waals surface area contributed by atoms with Gasteiger partial charge in [0, 0.05) is 18.5 Å². The summed E-state index contributed by atoms with van der Waals surface area (Å²) in [6, 6.07) is 1.53. The van der Waals surface area contributed by atoms with Gasteiger partial charge in [0.05, 0.1) is 5.69 Å². The Bertz CT molecular complexity index is 345. The van der Waals surface area contributed by atoms with Crippen molar-refractivity contribution in [3.63, 3.8) is 0 Å². The molecule has 78 valence electrons. The highest BCUT2D eigenvalue weighted by Gasteiger charge is 2.07. The molecule has 1 rings (SSSR count). The number of aromatic nitrogens is 2. The van der Waals surface area contributed by atoms with Crippen LogP contribution in [-0.2, 0) is 6.54 Å². The average molecular weight is 195 g/mol. The minimum absolute atomic E-state index is 0.0689. The maximum Gasteiger partial charge on any atom is 0.251 e. The molecule has 0 spiro atoms. The molecule has 0 aliphatic heterocycles. The summed E-state index contributed by atoms with van der Waals surface area (Å²) in [6.07, 6.45) is 0.978. The zero-order valence-electron chi connectivity index (χ0n) is 8.92. The van der Waals surface area contributed by atoms with E-state index in [0.29, 0.717) is 12.5 Å². The van der Waals surface area contributed by atoms with Gasteiger partial charge in [0.25, 0.3) is 5.56 Å². The highest BCUT2D eigenvalue weighted by molar-refractivity contribution is 5.05. The second-order valence-corrected chi connectivity index (χ2v) is 3.46. The van der Waals surface area contributed by atoms with Gasteiger partial charge in [0.15, 0.2) is 0 Å². The van der Waals surface area contributed by atoms with Gasteiger partial charge in [0.2, 0.25) is 0 Å². The molecule has 0 aliphatic carbocycles. The second-order valence-electron chi connectivity index (χ2n) is 3.46. The molecule has 0 aromatic carbocycles. The van der Waals surface area contributed by atoms with Crippen molar-refractivity contribution >= 4 is 0 Å². The van der Waals surface area contributed by atoms with Gasteiger partial charge in [-0.15, -0.1) is 0 Å². The van der Waals surface area contributed by atoms with Crippen LogP contribution in [0.15, 0.2) is 10.9 Å². The molecule has 1 heterocycles. The van der Waals surface area contributed by atoms with Crippen LogP contribution in [0, 0.1) is 0 Å². The molecule has 4 heteroatoms. The normalized spacial score (nSPS) is 12.8. The number of nitrogens with zero attached hydrogens (tertiary/aromatic N) is 1. The lowest BCUT2D eigenvalue weighted by atomic mass is 10.1. The van der Waals surface area contributed by atoms with Crippen LogP contribution < -0.4 is 10.9 Å². The first kappa shape index (κ1) is 10.9. The van der Waals surface area contributed by atoms with E-state index in [9.17, 15) is 4.79 Å². The van der Waals surface area contributed by atoms with E-state index in [4.69, 9.17) is 0 Å². The highest BCUT2D eigenvalue weighted by Crippen LogP contribution is 2.12. The minimum atomic E-state index is -0.0689. The molecule has 1 unspecified atom stereocenters. The van der Waals surface area contributed by atoms with Gasteiger partial charge >= 0.3 is 0 Å². The van der Waals surface area contributed by atoms with Crippen molar-refractivity contribution in [3.8, 4) is 0 Å². The number of rotatable bonds is 4. The van der Waals surface area contributed by atoms with Gasteiger partial charge in [-0.25, -0.2) is 4.98 Å². The molecule has 0 fully saturated rings. The van der Waals surface area contributed by atoms with Gasteiger partial charge in [-0.2, -0.15) is 0 Å². The number of hydrogen-bond acceptors (Lipinski definition) is 3. The third-order valence-electron chi connectivity index (χ3n) is 2.25. The molecule has 2 N–H and O–H groups in total. The Morgan fingerprint density at radius 2 is 2.36 bits per heavy atom. The largest absolute Gasteiger partial charge is 0.314 e. The molecule has 0 amide bonds. The molecule has 0 saturated heterocycles. The maximum absolute atomic E-state index is 11.3. The van der Waals surface area contributed by atoms with Crippen molar-refractivity contribution < 1.29 is 0 Å². The quantitative estimate of drug-likeness (QED) is 0.753. The van der Waals surface area contributed by atoms with E-state index in [1.165, 1.54) is 6.07 Å². The monoisotopic (exact) mass is 195 g/mol. The third kappa shape index (κ3) is 2.67. The predicted octanol–water partition coefficient (Wildman–Crippen LogP) is 1.00. The number of aromatic amines is 1. The van der Waals surface area contributed by atoms with E-state index in [0.717, 1.165) is 17.9 Å². The molecule has 0 saturated carbocycles. The van der Waals surface area contributed by atoms with Crippen LogP contribution in [-0.4, -0.2) is 17.0 Å². The number of H-pyrrole nitrogens is 1. The summed E-state index contributed by atoms with van der Waals surface area (Å²) in [4.78, 5) is 18.4. The zero-order valence-corrected chi connectivity index (χ0v) is 8.92. The van der Waals surface area contributed by atoms with Gasteiger partial charge in [-0.05, 0) is 13.5 Å². The zero-order chi connectivity index (χ0) is 10.6. The van der Waals surface area contributed by atoms with Crippen molar-refractivity contribution in [1.29, 1.82) is 0 Å². The van der Waals surface area contributed by atoms with E-state index < -0.39 is 0 Å². The molecule has 1 atom stereocenters. The van der Waals surface area contributed by atoms with Gasteiger partial charge in [-0.3, -0.25) is 4.79 Å². The fraction of sp³-hybridized carbons (Fsp3) is 0.600. The molecule has 14 heavy (non-hydrogen) atoms. The summed E-state index contributed by atoms with van der Waals surface area (Å²) < 4.78 is 0. The SMILES string of the molecule is CCC(C)c1nc(CNC)cc(=O)[nH]1. The first-order valence-corrected chi connectivity index (χ1v) is 4.92. The van der Waals surface area contributed by atoms with E-state index in [1.54, 1.807) is 0 Å². The van der Waals surface area contributed by atoms with Crippen molar-refractivity contribution in [2.24, 2.45) is 0 Å². The fourth-order valence-electron chi connectivity index (χ4n) is 1.23. The summed E-state index contributed by atoms with van der Waals surface area (Å²) in [6.45, 7) is 4.77. The van der Waals surface area contributed by atoms with Crippen LogP contribution in [0.5, 0.6) is 0 Å². The first-order valence-electron chi connectivity index (χ1n) is 4.92. The molecule has 0 radical (unpaired) electrons. The molecular formula is C10H17N3O. The van der Waals surface area contributed by atoms with Gasteiger partial charge < -0.3 is 10.3 Å². The van der Waals surface area contributed by atoms with Crippen LogP contribution in [0.1, 0.15) is 37.7 Å². The Labute approximate surface area is 83.8 Å². The average Bonchev–Trinajstić information content (AvgIpc) is 2.16. The van der Waals surface area contributed by atoms with Crippen LogP contribution in [0.3, 0.4) is 0 Å². The molecule has 1 aromatic heterocycles. The van der Waals surface area contributed by atoms with Crippen molar-refractivity contribution in [2.75, 3.05) is 7.05 Å². The Morgan fingerprint density at radius 3 is 2.93 bits per heavy atom. The number of nitrogens with one attached hydrogen (secondary N) is 2. The molecule has 1 aromatic rings. The summed E-state index contributed by atoms with van der Waals surface area (Å²) in [5.41, 5.74) is 0.729. The molecular weight excluding hydrogens is 178 g/mol. The standard InChI is InChI=1S/C10H17N3O/c1-4-7(2)10-12-8(6-11-3)5-9(14)13-10/h5,7,11H,4,6H2,1-3H3,(H,12,13,14). The fourth-order valence-corrected chi connectivity index (χ4v) is 1.23. The predicted molar refractivity (Wildman–Crippen MR) is 56.3 cm³/mol. The Kier molecular flexibility index (Phi) is 3.83. The van der Waals surface area contributed by atoms with Crippen molar-refractivity contribution in [1.82, 2.24) is 15.3 Å². The van der Waals surface area contributed by atoms with E-state index in [1.807, 2.05) is 7.05 Å². The Hall–Kier alpha value is -1.16. The van der Waals surface area contributed by atoms with E-state index in [-0.39, 0.29) is 5.56 Å². The number of hydrogen-bond donors (Lipinski definition) is 2. The Balaban J connectivity index is 3.00. The Morgan fingerprint density at radius 1 is 1.64 bits per heavy atom. The first-order chi connectivity index (χ1) is 6.67.